The Bertz CT molecular complexity index is 595. The van der Waals surface area contributed by atoms with Crippen LogP contribution < -0.4 is 0 Å². The molecule has 1 N–H and O–H groups in total. The molecule has 0 fully saturated rings. The third kappa shape index (κ3) is 2.58. The van der Waals surface area contributed by atoms with Gasteiger partial charge < -0.3 is 15.2 Å². The SMILES string of the molecule is O=[N+]([O-])c1ccn(-c2ccc(C(F)(F)CO)cc2)n1. The van der Waals surface area contributed by atoms with E-state index in [9.17, 15) is 18.9 Å². The molecule has 2 aromatic rings. The number of nitro groups is 1. The highest BCUT2D eigenvalue weighted by Gasteiger charge is 2.30. The molecule has 0 radical (unpaired) electrons. The van der Waals surface area contributed by atoms with E-state index in [0.717, 1.165) is 12.1 Å². The van der Waals surface area contributed by atoms with Gasteiger partial charge in [-0.15, -0.1) is 4.68 Å². The van der Waals surface area contributed by atoms with E-state index in [-0.39, 0.29) is 11.4 Å². The molecule has 1 heterocycles. The smallest absolute Gasteiger partial charge is 0.390 e. The van der Waals surface area contributed by atoms with Crippen LogP contribution >= 0.6 is 0 Å². The summed E-state index contributed by atoms with van der Waals surface area (Å²) >= 11 is 0. The van der Waals surface area contributed by atoms with Gasteiger partial charge in [0.2, 0.25) is 0 Å². The van der Waals surface area contributed by atoms with E-state index in [2.05, 4.69) is 5.10 Å². The van der Waals surface area contributed by atoms with Gasteiger partial charge in [-0.05, 0) is 17.1 Å². The van der Waals surface area contributed by atoms with Crippen LogP contribution in [-0.2, 0) is 5.92 Å². The van der Waals surface area contributed by atoms with Crippen LogP contribution in [0.15, 0.2) is 36.5 Å². The minimum atomic E-state index is -3.31. The van der Waals surface area contributed by atoms with Crippen LogP contribution in [0.4, 0.5) is 14.6 Å². The van der Waals surface area contributed by atoms with Crippen LogP contribution in [0.3, 0.4) is 0 Å². The molecule has 1 aromatic carbocycles. The van der Waals surface area contributed by atoms with Crippen molar-refractivity contribution in [2.24, 2.45) is 0 Å². The van der Waals surface area contributed by atoms with Gasteiger partial charge in [-0.2, -0.15) is 8.78 Å². The number of aromatic nitrogens is 2. The summed E-state index contributed by atoms with van der Waals surface area (Å²) in [5.41, 5.74) is 0.0750. The predicted octanol–water partition coefficient (Wildman–Crippen LogP) is 1.86. The molecule has 0 aliphatic heterocycles. The Morgan fingerprint density at radius 2 is 1.95 bits per heavy atom. The number of aliphatic hydroxyl groups excluding tert-OH is 1. The Labute approximate surface area is 106 Å². The molecule has 0 aliphatic carbocycles. The average molecular weight is 269 g/mol. The van der Waals surface area contributed by atoms with E-state index in [1.54, 1.807) is 0 Å². The third-order valence-corrected chi connectivity index (χ3v) is 2.51. The van der Waals surface area contributed by atoms with Gasteiger partial charge in [0, 0.05) is 5.56 Å². The maximum absolute atomic E-state index is 13.2. The molecule has 100 valence electrons. The summed E-state index contributed by atoms with van der Waals surface area (Å²) in [7, 11) is 0. The lowest BCUT2D eigenvalue weighted by Crippen LogP contribution is -2.18. The lowest BCUT2D eigenvalue weighted by Gasteiger charge is -2.13. The topological polar surface area (TPSA) is 81.2 Å². The van der Waals surface area contributed by atoms with Gasteiger partial charge in [0.15, 0.2) is 0 Å². The fourth-order valence-corrected chi connectivity index (χ4v) is 1.50. The van der Waals surface area contributed by atoms with Crippen LogP contribution in [-0.4, -0.2) is 26.4 Å². The molecular weight excluding hydrogens is 260 g/mol. The summed E-state index contributed by atoms with van der Waals surface area (Å²) in [6, 6.07) is 6.17. The molecule has 8 heteroatoms. The summed E-state index contributed by atoms with van der Waals surface area (Å²) in [6.07, 6.45) is 1.36. The zero-order valence-corrected chi connectivity index (χ0v) is 9.53. The largest absolute Gasteiger partial charge is 0.390 e. The van der Waals surface area contributed by atoms with Crippen molar-refractivity contribution in [3.63, 3.8) is 0 Å². The van der Waals surface area contributed by atoms with Crippen LogP contribution in [0.25, 0.3) is 5.69 Å². The van der Waals surface area contributed by atoms with Gasteiger partial charge in [0.1, 0.15) is 6.61 Å². The Morgan fingerprint density at radius 1 is 1.32 bits per heavy atom. The molecule has 1 aromatic heterocycles. The fourth-order valence-electron chi connectivity index (χ4n) is 1.50. The van der Waals surface area contributed by atoms with Gasteiger partial charge in [-0.1, -0.05) is 12.1 Å². The molecule has 0 aliphatic rings. The van der Waals surface area contributed by atoms with E-state index in [0.29, 0.717) is 5.69 Å². The lowest BCUT2D eigenvalue weighted by molar-refractivity contribution is -0.389. The van der Waals surface area contributed by atoms with E-state index >= 15 is 0 Å². The van der Waals surface area contributed by atoms with Crippen molar-refractivity contribution >= 4 is 5.82 Å². The number of nitrogens with zero attached hydrogens (tertiary/aromatic N) is 3. The first kappa shape index (κ1) is 13.1. The maximum atomic E-state index is 13.2. The van der Waals surface area contributed by atoms with Crippen molar-refractivity contribution in [2.75, 3.05) is 6.61 Å². The van der Waals surface area contributed by atoms with Crippen molar-refractivity contribution < 1.29 is 18.8 Å². The Hall–Kier alpha value is -2.35. The van der Waals surface area contributed by atoms with Crippen molar-refractivity contribution in [1.82, 2.24) is 9.78 Å². The number of halogens is 2. The van der Waals surface area contributed by atoms with Crippen LogP contribution in [0.2, 0.25) is 0 Å². The van der Waals surface area contributed by atoms with Crippen molar-refractivity contribution in [2.45, 2.75) is 5.92 Å². The van der Waals surface area contributed by atoms with Crippen LogP contribution in [0.1, 0.15) is 5.56 Å². The van der Waals surface area contributed by atoms with Crippen molar-refractivity contribution in [3.8, 4) is 5.69 Å². The molecule has 0 saturated carbocycles. The average Bonchev–Trinajstić information content (AvgIpc) is 2.88. The number of hydrogen-bond acceptors (Lipinski definition) is 4. The first-order valence-corrected chi connectivity index (χ1v) is 5.24. The number of aliphatic hydroxyl groups is 1. The number of hydrogen-bond donors (Lipinski definition) is 1. The summed E-state index contributed by atoms with van der Waals surface area (Å²) in [5, 5.41) is 22.7. The molecule has 0 spiro atoms. The molecule has 0 amide bonds. The molecule has 19 heavy (non-hydrogen) atoms. The molecule has 0 saturated heterocycles. The van der Waals surface area contributed by atoms with Gasteiger partial charge >= 0.3 is 5.82 Å². The number of benzene rings is 1. The molecule has 0 atom stereocenters. The Balaban J connectivity index is 2.29. The molecule has 0 unspecified atom stereocenters. The highest BCUT2D eigenvalue weighted by atomic mass is 19.3. The Kier molecular flexibility index (Phi) is 3.26. The highest BCUT2D eigenvalue weighted by molar-refractivity contribution is 5.36. The van der Waals surface area contributed by atoms with Gasteiger partial charge in [0.25, 0.3) is 5.92 Å². The zero-order chi connectivity index (χ0) is 14.0. The summed E-state index contributed by atoms with van der Waals surface area (Å²) in [5.74, 6) is -3.64. The normalized spacial score (nSPS) is 11.5. The summed E-state index contributed by atoms with van der Waals surface area (Å²) < 4.78 is 27.5. The molecular formula is C11H9F2N3O3. The van der Waals surface area contributed by atoms with E-state index in [1.807, 2.05) is 0 Å². The van der Waals surface area contributed by atoms with Gasteiger partial charge in [-0.25, -0.2) is 0 Å². The Morgan fingerprint density at radius 3 is 2.42 bits per heavy atom. The highest BCUT2D eigenvalue weighted by Crippen LogP contribution is 2.27. The first-order chi connectivity index (χ1) is 8.94. The molecule has 2 rings (SSSR count). The minimum absolute atomic E-state index is 0.329. The lowest BCUT2D eigenvalue weighted by atomic mass is 10.1. The number of alkyl halides is 2. The van der Waals surface area contributed by atoms with Crippen molar-refractivity contribution in [3.05, 3.63) is 52.2 Å². The van der Waals surface area contributed by atoms with Gasteiger partial charge in [-0.3, -0.25) is 0 Å². The monoisotopic (exact) mass is 269 g/mol. The number of rotatable bonds is 4. The molecule has 0 bridgehead atoms. The van der Waals surface area contributed by atoms with E-state index in [4.69, 9.17) is 5.11 Å². The quantitative estimate of drug-likeness (QED) is 0.678. The maximum Gasteiger partial charge on any atom is 0.390 e. The van der Waals surface area contributed by atoms with Crippen molar-refractivity contribution in [1.29, 1.82) is 0 Å². The zero-order valence-electron chi connectivity index (χ0n) is 9.53. The molecule has 6 nitrogen and oxygen atoms in total. The van der Waals surface area contributed by atoms with E-state index in [1.165, 1.54) is 29.1 Å². The second kappa shape index (κ2) is 4.73. The second-order valence-corrected chi connectivity index (χ2v) is 3.79. The predicted molar refractivity (Wildman–Crippen MR) is 61.2 cm³/mol. The minimum Gasteiger partial charge on any atom is -0.390 e. The third-order valence-electron chi connectivity index (χ3n) is 2.51. The fraction of sp³-hybridized carbons (Fsp3) is 0.182. The summed E-state index contributed by atoms with van der Waals surface area (Å²) in [6.45, 7) is -1.28. The van der Waals surface area contributed by atoms with Crippen LogP contribution in [0.5, 0.6) is 0 Å². The van der Waals surface area contributed by atoms with Crippen LogP contribution in [0, 0.1) is 10.1 Å². The second-order valence-electron chi connectivity index (χ2n) is 3.79. The van der Waals surface area contributed by atoms with Gasteiger partial charge in [0.05, 0.1) is 23.0 Å². The van der Waals surface area contributed by atoms with E-state index < -0.39 is 17.5 Å². The summed E-state index contributed by atoms with van der Waals surface area (Å²) in [4.78, 5) is 9.82. The standard InChI is InChI=1S/C11H9F2N3O3/c12-11(13,7-17)8-1-3-9(4-2-8)15-6-5-10(14-15)16(18)19/h1-6,17H,7H2. The first-order valence-electron chi connectivity index (χ1n) is 5.24.